The molecule has 0 radical (unpaired) electrons. The van der Waals surface area contributed by atoms with Crippen molar-refractivity contribution in [3.63, 3.8) is 0 Å². The number of aromatic nitrogens is 2. The van der Waals surface area contributed by atoms with Crippen LogP contribution in [0.4, 0.5) is 0 Å². The van der Waals surface area contributed by atoms with Gasteiger partial charge in [0.25, 0.3) is 5.89 Å². The third-order valence-electron chi connectivity index (χ3n) is 5.06. The number of fused-ring (bicyclic) bond motifs is 3. The minimum Gasteiger partial charge on any atom is -0.333 e. The SMILES string of the molecule is Cl.NC1(c2noc(-c3cc4c(s3)-c3ccccc3CC4)n2)CCC1. The van der Waals surface area contributed by atoms with E-state index in [1.165, 1.54) is 21.6 Å². The van der Waals surface area contributed by atoms with E-state index < -0.39 is 0 Å². The summed E-state index contributed by atoms with van der Waals surface area (Å²) < 4.78 is 5.51. The number of halogens is 1. The van der Waals surface area contributed by atoms with E-state index in [0.717, 1.165) is 37.0 Å². The molecule has 2 heterocycles. The lowest BCUT2D eigenvalue weighted by Crippen LogP contribution is -2.44. The van der Waals surface area contributed by atoms with E-state index in [2.05, 4.69) is 40.5 Å². The monoisotopic (exact) mass is 359 g/mol. The summed E-state index contributed by atoms with van der Waals surface area (Å²) in [5.74, 6) is 1.26. The van der Waals surface area contributed by atoms with E-state index in [0.29, 0.717) is 11.7 Å². The van der Waals surface area contributed by atoms with Crippen molar-refractivity contribution in [2.24, 2.45) is 5.73 Å². The van der Waals surface area contributed by atoms with Crippen LogP contribution >= 0.6 is 23.7 Å². The molecule has 0 saturated heterocycles. The average Bonchev–Trinajstić information content (AvgIpc) is 3.19. The lowest BCUT2D eigenvalue weighted by atomic mass is 9.77. The molecule has 124 valence electrons. The van der Waals surface area contributed by atoms with Gasteiger partial charge in [0.1, 0.15) is 0 Å². The van der Waals surface area contributed by atoms with Crippen LogP contribution in [0.5, 0.6) is 0 Å². The Kier molecular flexibility index (Phi) is 3.75. The second-order valence-electron chi connectivity index (χ2n) is 6.55. The lowest BCUT2D eigenvalue weighted by Gasteiger charge is -2.34. The van der Waals surface area contributed by atoms with Gasteiger partial charge in [0.05, 0.1) is 10.4 Å². The molecule has 1 fully saturated rings. The second kappa shape index (κ2) is 5.69. The molecule has 24 heavy (non-hydrogen) atoms. The molecule has 2 aliphatic carbocycles. The van der Waals surface area contributed by atoms with Gasteiger partial charge >= 0.3 is 0 Å². The summed E-state index contributed by atoms with van der Waals surface area (Å²) >= 11 is 1.74. The number of nitrogens with two attached hydrogens (primary N) is 1. The molecule has 2 aromatic heterocycles. The molecule has 0 atom stereocenters. The van der Waals surface area contributed by atoms with Crippen molar-refractivity contribution in [2.45, 2.75) is 37.6 Å². The van der Waals surface area contributed by atoms with Crippen molar-refractivity contribution in [3.8, 4) is 21.2 Å². The van der Waals surface area contributed by atoms with Crippen LogP contribution in [0, 0.1) is 0 Å². The average molecular weight is 360 g/mol. The van der Waals surface area contributed by atoms with Crippen LogP contribution in [-0.2, 0) is 18.4 Å². The van der Waals surface area contributed by atoms with Crippen LogP contribution in [0.15, 0.2) is 34.9 Å². The highest BCUT2D eigenvalue weighted by atomic mass is 35.5. The molecule has 4 nitrogen and oxygen atoms in total. The zero-order valence-corrected chi connectivity index (χ0v) is 14.8. The fraction of sp³-hybridized carbons (Fsp3) is 0.333. The smallest absolute Gasteiger partial charge is 0.268 e. The number of aryl methyl sites for hydroxylation is 2. The van der Waals surface area contributed by atoms with E-state index in [1.54, 1.807) is 11.3 Å². The summed E-state index contributed by atoms with van der Waals surface area (Å²) in [4.78, 5) is 6.97. The Hall–Kier alpha value is -1.69. The standard InChI is InChI=1S/C18H17N3OS.ClH/c19-18(8-3-9-18)17-20-16(22-21-17)14-10-12-7-6-11-4-1-2-5-13(11)15(12)23-14;/h1-2,4-5,10H,3,6-9,19H2;1H. The largest absolute Gasteiger partial charge is 0.333 e. The number of thiophene rings is 1. The number of hydrogen-bond acceptors (Lipinski definition) is 5. The van der Waals surface area contributed by atoms with Crippen LogP contribution in [-0.4, -0.2) is 10.1 Å². The third kappa shape index (κ3) is 2.31. The second-order valence-corrected chi connectivity index (χ2v) is 7.61. The maximum atomic E-state index is 6.29. The van der Waals surface area contributed by atoms with E-state index >= 15 is 0 Å². The maximum absolute atomic E-state index is 6.29. The van der Waals surface area contributed by atoms with Gasteiger partial charge in [-0.2, -0.15) is 4.98 Å². The zero-order chi connectivity index (χ0) is 15.4. The maximum Gasteiger partial charge on any atom is 0.268 e. The van der Waals surface area contributed by atoms with Crippen LogP contribution in [0.2, 0.25) is 0 Å². The van der Waals surface area contributed by atoms with Crippen LogP contribution in [0.3, 0.4) is 0 Å². The first-order valence-electron chi connectivity index (χ1n) is 8.07. The summed E-state index contributed by atoms with van der Waals surface area (Å²) in [6, 6.07) is 10.8. The van der Waals surface area contributed by atoms with E-state index in [-0.39, 0.29) is 17.9 Å². The molecular formula is C18H18ClN3OS. The van der Waals surface area contributed by atoms with Crippen molar-refractivity contribution in [2.75, 3.05) is 0 Å². The predicted molar refractivity (Wildman–Crippen MR) is 97.4 cm³/mol. The van der Waals surface area contributed by atoms with Gasteiger partial charge in [0.2, 0.25) is 0 Å². The molecule has 5 rings (SSSR count). The molecule has 0 spiro atoms. The fourth-order valence-electron chi connectivity index (χ4n) is 3.48. The number of rotatable bonds is 2. The van der Waals surface area contributed by atoms with Crippen molar-refractivity contribution in [3.05, 3.63) is 47.3 Å². The molecule has 2 aliphatic rings. The van der Waals surface area contributed by atoms with Crippen molar-refractivity contribution in [1.82, 2.24) is 10.1 Å². The summed E-state index contributed by atoms with van der Waals surface area (Å²) in [5.41, 5.74) is 10.1. The summed E-state index contributed by atoms with van der Waals surface area (Å²) in [5, 5.41) is 4.13. The Labute approximate surface area is 150 Å². The first-order chi connectivity index (χ1) is 11.2. The highest BCUT2D eigenvalue weighted by Gasteiger charge is 2.39. The molecule has 6 heteroatoms. The summed E-state index contributed by atoms with van der Waals surface area (Å²) in [6.07, 6.45) is 5.20. The quantitative estimate of drug-likeness (QED) is 0.739. The molecule has 1 saturated carbocycles. The number of hydrogen-bond donors (Lipinski definition) is 1. The molecule has 3 aromatic rings. The van der Waals surface area contributed by atoms with E-state index in [1.807, 2.05) is 0 Å². The van der Waals surface area contributed by atoms with Gasteiger partial charge in [-0.15, -0.1) is 23.7 Å². The Morgan fingerprint density at radius 1 is 1.12 bits per heavy atom. The van der Waals surface area contributed by atoms with Gasteiger partial charge in [0, 0.05) is 4.88 Å². The Morgan fingerprint density at radius 2 is 1.92 bits per heavy atom. The van der Waals surface area contributed by atoms with E-state index in [4.69, 9.17) is 10.3 Å². The third-order valence-corrected chi connectivity index (χ3v) is 6.26. The molecule has 1 aromatic carbocycles. The van der Waals surface area contributed by atoms with Gasteiger partial charge in [0.15, 0.2) is 5.82 Å². The Morgan fingerprint density at radius 3 is 2.71 bits per heavy atom. The molecule has 0 amide bonds. The molecule has 0 unspecified atom stereocenters. The van der Waals surface area contributed by atoms with Crippen molar-refractivity contribution >= 4 is 23.7 Å². The van der Waals surface area contributed by atoms with Crippen molar-refractivity contribution < 1.29 is 4.52 Å². The Bertz CT molecular complexity index is 897. The molecule has 0 bridgehead atoms. The molecule has 0 aliphatic heterocycles. The van der Waals surface area contributed by atoms with Crippen LogP contribution in [0.25, 0.3) is 21.2 Å². The highest BCUT2D eigenvalue weighted by molar-refractivity contribution is 7.19. The number of nitrogens with zero attached hydrogens (tertiary/aromatic N) is 2. The van der Waals surface area contributed by atoms with Gasteiger partial charge < -0.3 is 10.3 Å². The fourth-order valence-corrected chi connectivity index (χ4v) is 4.68. The van der Waals surface area contributed by atoms with E-state index in [9.17, 15) is 0 Å². The van der Waals surface area contributed by atoms with Gasteiger partial charge in [-0.3, -0.25) is 0 Å². The molecule has 2 N–H and O–H groups in total. The number of benzene rings is 1. The van der Waals surface area contributed by atoms with Crippen molar-refractivity contribution in [1.29, 1.82) is 0 Å². The van der Waals surface area contributed by atoms with Gasteiger partial charge in [-0.1, -0.05) is 29.4 Å². The zero-order valence-electron chi connectivity index (χ0n) is 13.1. The minimum absolute atomic E-state index is 0. The predicted octanol–water partition coefficient (Wildman–Crippen LogP) is 4.32. The summed E-state index contributed by atoms with van der Waals surface area (Å²) in [7, 11) is 0. The first-order valence-corrected chi connectivity index (χ1v) is 8.89. The molecular weight excluding hydrogens is 342 g/mol. The Balaban J connectivity index is 0.00000146. The van der Waals surface area contributed by atoms with Gasteiger partial charge in [-0.05, 0) is 54.9 Å². The highest BCUT2D eigenvalue weighted by Crippen LogP contribution is 2.43. The van der Waals surface area contributed by atoms with Crippen LogP contribution < -0.4 is 5.73 Å². The first kappa shape index (κ1) is 15.8. The normalized spacial score (nSPS) is 17.4. The minimum atomic E-state index is -0.370. The van der Waals surface area contributed by atoms with Crippen LogP contribution in [0.1, 0.15) is 36.2 Å². The topological polar surface area (TPSA) is 64.9 Å². The summed E-state index contributed by atoms with van der Waals surface area (Å²) in [6.45, 7) is 0. The van der Waals surface area contributed by atoms with Gasteiger partial charge in [-0.25, -0.2) is 0 Å². The lowest BCUT2D eigenvalue weighted by molar-refractivity contribution is 0.229.